The third kappa shape index (κ3) is 0.783. The summed E-state index contributed by atoms with van der Waals surface area (Å²) in [5.41, 5.74) is 0. The van der Waals surface area contributed by atoms with Crippen molar-refractivity contribution in [2.75, 3.05) is 0 Å². The van der Waals surface area contributed by atoms with E-state index in [2.05, 4.69) is 36.5 Å². The third-order valence-corrected chi connectivity index (χ3v) is 1.36. The molecule has 1 heteroatoms. The van der Waals surface area contributed by atoms with Gasteiger partial charge in [0.1, 0.15) is 0 Å². The molecule has 0 aromatic heterocycles. The van der Waals surface area contributed by atoms with Crippen molar-refractivity contribution in [2.45, 2.75) is 6.42 Å². The van der Waals surface area contributed by atoms with Gasteiger partial charge in [-0.15, -0.1) is 0 Å². The molecule has 1 aliphatic rings. The molecule has 0 aromatic carbocycles. The molecule has 0 saturated heterocycles. The van der Waals surface area contributed by atoms with Crippen molar-refractivity contribution in [3.63, 3.8) is 0 Å². The van der Waals surface area contributed by atoms with Crippen LogP contribution in [0.1, 0.15) is 6.42 Å². The molecule has 0 heterocycles. The summed E-state index contributed by atoms with van der Waals surface area (Å²) in [5, 5.41) is 0. The van der Waals surface area contributed by atoms with Gasteiger partial charge in [0.25, 0.3) is 0 Å². The van der Waals surface area contributed by atoms with Crippen molar-refractivity contribution in [1.29, 1.82) is 0 Å². The third-order valence-electron chi connectivity index (χ3n) is 0.717. The fourth-order valence-corrected chi connectivity index (χ4v) is 0.788. The molecule has 33 valence electrons. The minimum atomic E-state index is 1.14. The molecule has 0 fully saturated rings. The first-order valence-electron chi connectivity index (χ1n) is 1.89. The van der Waals surface area contributed by atoms with Crippen molar-refractivity contribution in [1.82, 2.24) is 0 Å². The summed E-state index contributed by atoms with van der Waals surface area (Å²) in [5.74, 6) is 0. The van der Waals surface area contributed by atoms with Gasteiger partial charge >= 0.3 is 47.1 Å². The quantitative estimate of drug-likeness (QED) is 0.477. The molecule has 0 amide bonds. The van der Waals surface area contributed by atoms with Crippen LogP contribution in [0.3, 0.4) is 0 Å². The van der Waals surface area contributed by atoms with Gasteiger partial charge in [-0.25, -0.2) is 0 Å². The Labute approximate surface area is 47.6 Å². The molecule has 0 aliphatic heterocycles. The van der Waals surface area contributed by atoms with E-state index in [1.807, 2.05) is 0 Å². The molecule has 0 atom stereocenters. The molecule has 6 heavy (non-hydrogen) atoms. The Morgan fingerprint density at radius 3 is 2.67 bits per heavy atom. The Morgan fingerprint density at radius 1 is 1.67 bits per heavy atom. The molecule has 0 radical (unpaired) electrons. The van der Waals surface area contributed by atoms with Crippen molar-refractivity contribution in [2.24, 2.45) is 0 Å². The Kier molecular flexibility index (Phi) is 1.21. The van der Waals surface area contributed by atoms with E-state index in [4.69, 9.17) is 0 Å². The Bertz CT molecular complexity index is 101. The number of hydrogen-bond acceptors (Lipinski definition) is 0. The average Bonchev–Trinajstić information content (AvgIpc) is 1.86. The maximum atomic E-state index is 2.59. The summed E-state index contributed by atoms with van der Waals surface area (Å²) in [4.78, 5) is 0. The van der Waals surface area contributed by atoms with Crippen LogP contribution in [-0.2, 0) is 18.3 Å². The van der Waals surface area contributed by atoms with E-state index in [0.29, 0.717) is 0 Å². The van der Waals surface area contributed by atoms with Gasteiger partial charge in [0.15, 0.2) is 0 Å². The first-order valence-corrected chi connectivity index (χ1v) is 2.76. The molecule has 0 saturated carbocycles. The van der Waals surface area contributed by atoms with Crippen LogP contribution in [-0.4, -0.2) is 0 Å². The molecular weight excluding hydrogens is 161 g/mol. The average molecular weight is 166 g/mol. The van der Waals surface area contributed by atoms with Gasteiger partial charge in [-0.05, 0) is 0 Å². The Hall–Kier alpha value is 0.103. The molecule has 1 rings (SSSR count). The van der Waals surface area contributed by atoms with Crippen LogP contribution in [0.15, 0.2) is 22.4 Å². The topological polar surface area (TPSA) is 0 Å². The van der Waals surface area contributed by atoms with Crippen LogP contribution >= 0.6 is 0 Å². The van der Waals surface area contributed by atoms with E-state index in [1.54, 1.807) is 0 Å². The van der Waals surface area contributed by atoms with Gasteiger partial charge in [-0.1, -0.05) is 0 Å². The van der Waals surface area contributed by atoms with Crippen molar-refractivity contribution >= 4 is 0 Å². The van der Waals surface area contributed by atoms with E-state index in [9.17, 15) is 0 Å². The first-order chi connectivity index (χ1) is 2.89. The second-order valence-corrected chi connectivity index (χ2v) is 2.35. The predicted molar refractivity (Wildman–Crippen MR) is 21.8 cm³/mol. The van der Waals surface area contributed by atoms with Gasteiger partial charge in [-0.3, -0.25) is 0 Å². The molecule has 0 spiro atoms. The van der Waals surface area contributed by atoms with Crippen molar-refractivity contribution < 1.29 is 18.3 Å². The zero-order chi connectivity index (χ0) is 4.41. The fourth-order valence-electron chi connectivity index (χ4n) is 0.416. The van der Waals surface area contributed by atoms with Gasteiger partial charge in [-0.2, -0.15) is 0 Å². The van der Waals surface area contributed by atoms with Crippen LogP contribution in [0.5, 0.6) is 0 Å². The van der Waals surface area contributed by atoms with Crippen molar-refractivity contribution in [3.05, 3.63) is 22.4 Å². The SMILES string of the molecule is [Ru][C]1=CC=CC1. The molecule has 0 nitrogen and oxygen atoms in total. The standard InChI is InChI=1S/C5H5.Ru/c1-2-4-5-3-1;/h1-3H,4H2;. The number of allylic oxidation sites excluding steroid dienone is 4. The summed E-state index contributed by atoms with van der Waals surface area (Å²) >= 11 is 2.59. The van der Waals surface area contributed by atoms with Gasteiger partial charge < -0.3 is 0 Å². The normalized spacial score (nSPS) is 18.5. The van der Waals surface area contributed by atoms with Crippen LogP contribution < -0.4 is 0 Å². The maximum absolute atomic E-state index is 2.59. The summed E-state index contributed by atoms with van der Waals surface area (Å²) in [6, 6.07) is 0. The zero-order valence-corrected chi connectivity index (χ0v) is 5.03. The zero-order valence-electron chi connectivity index (χ0n) is 3.29. The molecular formula is C5H5Ru. The molecule has 0 N–H and O–H groups in total. The Morgan fingerprint density at radius 2 is 2.50 bits per heavy atom. The molecule has 1 aliphatic carbocycles. The predicted octanol–water partition coefficient (Wildman–Crippen LogP) is 1.38. The van der Waals surface area contributed by atoms with E-state index in [-0.39, 0.29) is 0 Å². The first kappa shape index (κ1) is 4.27. The van der Waals surface area contributed by atoms with Gasteiger partial charge in [0.2, 0.25) is 0 Å². The number of rotatable bonds is 0. The monoisotopic (exact) mass is 167 g/mol. The molecule has 0 aromatic rings. The Balaban J connectivity index is 2.61. The van der Waals surface area contributed by atoms with E-state index in [1.165, 1.54) is 4.17 Å². The fraction of sp³-hybridized carbons (Fsp3) is 0.200. The van der Waals surface area contributed by atoms with Gasteiger partial charge in [0.05, 0.1) is 0 Å². The van der Waals surface area contributed by atoms with Crippen LogP contribution in [0, 0.1) is 0 Å². The van der Waals surface area contributed by atoms with Crippen molar-refractivity contribution in [3.8, 4) is 0 Å². The summed E-state index contributed by atoms with van der Waals surface area (Å²) in [6.07, 6.45) is 7.46. The minimum absolute atomic E-state index is 1.14. The van der Waals surface area contributed by atoms with Crippen LogP contribution in [0.4, 0.5) is 0 Å². The summed E-state index contributed by atoms with van der Waals surface area (Å²) in [7, 11) is 0. The summed E-state index contributed by atoms with van der Waals surface area (Å²) in [6.45, 7) is 0. The molecule has 0 unspecified atom stereocenters. The second-order valence-electron chi connectivity index (χ2n) is 1.23. The van der Waals surface area contributed by atoms with E-state index in [0.717, 1.165) is 6.42 Å². The van der Waals surface area contributed by atoms with Crippen LogP contribution in [0.25, 0.3) is 0 Å². The van der Waals surface area contributed by atoms with Gasteiger partial charge in [0, 0.05) is 0 Å². The molecule has 0 bridgehead atoms. The summed E-state index contributed by atoms with van der Waals surface area (Å²) < 4.78 is 1.40. The number of hydrogen-bond donors (Lipinski definition) is 0. The van der Waals surface area contributed by atoms with E-state index >= 15 is 0 Å². The van der Waals surface area contributed by atoms with E-state index < -0.39 is 0 Å². The van der Waals surface area contributed by atoms with Crippen LogP contribution in [0.2, 0.25) is 0 Å². The second kappa shape index (κ2) is 1.70.